The van der Waals surface area contributed by atoms with E-state index in [0.717, 1.165) is 37.5 Å². The Morgan fingerprint density at radius 2 is 2.05 bits per heavy atom. The van der Waals surface area contributed by atoms with Gasteiger partial charge in [-0.15, -0.1) is 0 Å². The predicted octanol–water partition coefficient (Wildman–Crippen LogP) is 3.07. The molecule has 20 heavy (non-hydrogen) atoms. The van der Waals surface area contributed by atoms with Gasteiger partial charge in [0, 0.05) is 31.2 Å². The smallest absolute Gasteiger partial charge is 0.125 e. The first kappa shape index (κ1) is 13.6. The van der Waals surface area contributed by atoms with E-state index in [1.807, 2.05) is 12.1 Å². The van der Waals surface area contributed by atoms with Crippen LogP contribution in [0.25, 0.3) is 0 Å². The lowest BCUT2D eigenvalue weighted by Gasteiger charge is -2.34. The fourth-order valence-corrected chi connectivity index (χ4v) is 2.86. The highest BCUT2D eigenvalue weighted by Gasteiger charge is 2.28. The Balaban J connectivity index is 2.02. The van der Waals surface area contributed by atoms with E-state index in [0.29, 0.717) is 5.02 Å². The molecule has 1 N–H and O–H groups in total. The summed E-state index contributed by atoms with van der Waals surface area (Å²) in [4.78, 5) is 2.26. The van der Waals surface area contributed by atoms with Crippen LogP contribution in [0.3, 0.4) is 0 Å². The van der Waals surface area contributed by atoms with E-state index in [2.05, 4.69) is 10.2 Å². The van der Waals surface area contributed by atoms with Gasteiger partial charge in [-0.3, -0.25) is 4.90 Å². The van der Waals surface area contributed by atoms with Crippen LogP contribution >= 0.6 is 11.6 Å². The fraction of sp³-hybridized carbons (Fsp3) is 0.333. The molecular formula is C15H16ClFN2O. The van der Waals surface area contributed by atoms with E-state index in [1.54, 1.807) is 12.3 Å². The number of rotatable bonds is 3. The molecule has 2 aromatic rings. The minimum absolute atomic E-state index is 0.143. The normalized spacial score (nSPS) is 18.1. The van der Waals surface area contributed by atoms with Crippen LogP contribution < -0.4 is 5.32 Å². The lowest BCUT2D eigenvalue weighted by atomic mass is 10.0. The summed E-state index contributed by atoms with van der Waals surface area (Å²) in [5.74, 6) is 0.510. The van der Waals surface area contributed by atoms with Gasteiger partial charge in [0.2, 0.25) is 0 Å². The molecule has 0 bridgehead atoms. The van der Waals surface area contributed by atoms with Gasteiger partial charge >= 0.3 is 0 Å². The van der Waals surface area contributed by atoms with E-state index in [1.165, 1.54) is 12.1 Å². The average molecular weight is 295 g/mol. The van der Waals surface area contributed by atoms with Crippen molar-refractivity contribution >= 4 is 11.6 Å². The number of hydrogen-bond donors (Lipinski definition) is 1. The molecule has 0 radical (unpaired) electrons. The highest BCUT2D eigenvalue weighted by Crippen LogP contribution is 2.34. The monoisotopic (exact) mass is 294 g/mol. The number of benzene rings is 1. The first-order valence-electron chi connectivity index (χ1n) is 6.69. The molecule has 1 aliphatic heterocycles. The summed E-state index contributed by atoms with van der Waals surface area (Å²) in [5.41, 5.74) is 0.753. The van der Waals surface area contributed by atoms with Gasteiger partial charge in [0.05, 0.1) is 12.3 Å². The van der Waals surface area contributed by atoms with Crippen LogP contribution in [0, 0.1) is 5.82 Å². The van der Waals surface area contributed by atoms with Crippen molar-refractivity contribution in [1.29, 1.82) is 0 Å². The molecule has 3 rings (SSSR count). The largest absolute Gasteiger partial charge is 0.467 e. The third kappa shape index (κ3) is 2.73. The Kier molecular flexibility index (Phi) is 4.05. The van der Waals surface area contributed by atoms with Crippen LogP contribution in [0.4, 0.5) is 4.39 Å². The summed E-state index contributed by atoms with van der Waals surface area (Å²) in [6.07, 6.45) is 1.64. The molecule has 5 heteroatoms. The van der Waals surface area contributed by atoms with Crippen molar-refractivity contribution in [2.45, 2.75) is 6.04 Å². The Morgan fingerprint density at radius 1 is 1.25 bits per heavy atom. The van der Waals surface area contributed by atoms with Crippen molar-refractivity contribution in [1.82, 2.24) is 10.2 Å². The first-order chi connectivity index (χ1) is 9.75. The number of furan rings is 1. The summed E-state index contributed by atoms with van der Waals surface area (Å²) in [5, 5.41) is 3.87. The van der Waals surface area contributed by atoms with E-state index >= 15 is 0 Å². The highest BCUT2D eigenvalue weighted by atomic mass is 35.5. The van der Waals surface area contributed by atoms with Gasteiger partial charge in [0.25, 0.3) is 0 Å². The second-order valence-corrected chi connectivity index (χ2v) is 5.28. The quantitative estimate of drug-likeness (QED) is 0.943. The minimum atomic E-state index is -0.281. The van der Waals surface area contributed by atoms with Crippen molar-refractivity contribution in [3.63, 3.8) is 0 Å². The van der Waals surface area contributed by atoms with Gasteiger partial charge < -0.3 is 9.73 Å². The van der Waals surface area contributed by atoms with Crippen molar-refractivity contribution in [2.75, 3.05) is 26.2 Å². The maximum absolute atomic E-state index is 13.6. The number of piperazine rings is 1. The Labute approximate surface area is 122 Å². The average Bonchev–Trinajstić information content (AvgIpc) is 2.98. The second kappa shape index (κ2) is 5.95. The van der Waals surface area contributed by atoms with Crippen LogP contribution in [-0.2, 0) is 0 Å². The van der Waals surface area contributed by atoms with Gasteiger partial charge in [-0.05, 0) is 35.9 Å². The number of nitrogens with one attached hydrogen (secondary N) is 1. The summed E-state index contributed by atoms with van der Waals surface area (Å²) in [6.45, 7) is 3.56. The van der Waals surface area contributed by atoms with Crippen LogP contribution in [0.2, 0.25) is 5.02 Å². The molecule has 1 aromatic heterocycles. The van der Waals surface area contributed by atoms with Crippen molar-refractivity contribution < 1.29 is 8.81 Å². The molecule has 0 unspecified atom stereocenters. The standard InChI is InChI=1S/C15H16ClFN2O/c16-13-4-3-11(17)10-12(13)15(14-2-1-9-20-14)19-7-5-18-6-8-19/h1-4,9-10,15,18H,5-8H2/t15-/m0/s1. The number of halogens is 2. The van der Waals surface area contributed by atoms with Crippen LogP contribution in [0.5, 0.6) is 0 Å². The zero-order valence-electron chi connectivity index (χ0n) is 11.0. The van der Waals surface area contributed by atoms with Gasteiger partial charge in [-0.25, -0.2) is 4.39 Å². The number of hydrogen-bond acceptors (Lipinski definition) is 3. The summed E-state index contributed by atoms with van der Waals surface area (Å²) in [7, 11) is 0. The number of nitrogens with zero attached hydrogens (tertiary/aromatic N) is 1. The van der Waals surface area contributed by atoms with E-state index in [-0.39, 0.29) is 11.9 Å². The molecule has 106 valence electrons. The topological polar surface area (TPSA) is 28.4 Å². The molecule has 2 heterocycles. The molecule has 0 spiro atoms. The van der Waals surface area contributed by atoms with Crippen LogP contribution in [-0.4, -0.2) is 31.1 Å². The molecule has 0 saturated carbocycles. The molecular weight excluding hydrogens is 279 g/mol. The summed E-state index contributed by atoms with van der Waals surface area (Å²) in [6, 6.07) is 8.09. The van der Waals surface area contributed by atoms with E-state index < -0.39 is 0 Å². The third-order valence-corrected chi connectivity index (χ3v) is 3.93. The highest BCUT2D eigenvalue weighted by molar-refractivity contribution is 6.31. The lowest BCUT2D eigenvalue weighted by Crippen LogP contribution is -2.45. The van der Waals surface area contributed by atoms with Crippen molar-refractivity contribution in [3.05, 3.63) is 58.8 Å². The van der Waals surface area contributed by atoms with Gasteiger partial charge in [0.15, 0.2) is 0 Å². The molecule has 3 nitrogen and oxygen atoms in total. The van der Waals surface area contributed by atoms with Crippen LogP contribution in [0.15, 0.2) is 41.0 Å². The molecule has 0 amide bonds. The first-order valence-corrected chi connectivity index (χ1v) is 7.06. The molecule has 1 saturated heterocycles. The SMILES string of the molecule is Fc1ccc(Cl)c([C@@H](c2ccco2)N2CCNCC2)c1. The van der Waals surface area contributed by atoms with Crippen LogP contribution in [0.1, 0.15) is 17.4 Å². The Hall–Kier alpha value is -1.36. The molecule has 1 aliphatic rings. The van der Waals surface area contributed by atoms with Gasteiger partial charge in [-0.1, -0.05) is 11.6 Å². The molecule has 1 fully saturated rings. The van der Waals surface area contributed by atoms with Gasteiger partial charge in [0.1, 0.15) is 11.6 Å². The van der Waals surface area contributed by atoms with E-state index in [9.17, 15) is 4.39 Å². The predicted molar refractivity (Wildman–Crippen MR) is 76.4 cm³/mol. The summed E-state index contributed by atoms with van der Waals surface area (Å²) < 4.78 is 19.2. The Morgan fingerprint density at radius 3 is 2.75 bits per heavy atom. The van der Waals surface area contributed by atoms with Crippen molar-refractivity contribution in [2.24, 2.45) is 0 Å². The fourth-order valence-electron chi connectivity index (χ4n) is 2.64. The van der Waals surface area contributed by atoms with Gasteiger partial charge in [-0.2, -0.15) is 0 Å². The maximum Gasteiger partial charge on any atom is 0.125 e. The molecule has 0 aliphatic carbocycles. The zero-order chi connectivity index (χ0) is 13.9. The zero-order valence-corrected chi connectivity index (χ0v) is 11.7. The van der Waals surface area contributed by atoms with E-state index in [4.69, 9.17) is 16.0 Å². The molecule has 1 atom stereocenters. The third-order valence-electron chi connectivity index (χ3n) is 3.58. The molecule has 1 aromatic carbocycles. The maximum atomic E-state index is 13.6. The second-order valence-electron chi connectivity index (χ2n) is 4.87. The summed E-state index contributed by atoms with van der Waals surface area (Å²) >= 11 is 6.28. The Bertz CT molecular complexity index is 567. The minimum Gasteiger partial charge on any atom is -0.467 e. The lowest BCUT2D eigenvalue weighted by molar-refractivity contribution is 0.180. The van der Waals surface area contributed by atoms with Crippen molar-refractivity contribution in [3.8, 4) is 0 Å².